The SMILES string of the molecule is C/C(=C/Cl)COc1cc(N)ccc1Cl. The van der Waals surface area contributed by atoms with Gasteiger partial charge < -0.3 is 10.5 Å². The zero-order valence-corrected chi connectivity index (χ0v) is 9.27. The smallest absolute Gasteiger partial charge is 0.140 e. The van der Waals surface area contributed by atoms with Crippen LogP contribution in [0.15, 0.2) is 29.3 Å². The quantitative estimate of drug-likeness (QED) is 0.810. The van der Waals surface area contributed by atoms with E-state index < -0.39 is 0 Å². The van der Waals surface area contributed by atoms with E-state index in [0.29, 0.717) is 23.1 Å². The molecule has 1 aromatic carbocycles. The highest BCUT2D eigenvalue weighted by atomic mass is 35.5. The van der Waals surface area contributed by atoms with Crippen LogP contribution < -0.4 is 10.5 Å². The summed E-state index contributed by atoms with van der Waals surface area (Å²) in [5, 5.41) is 0.543. The molecule has 0 bridgehead atoms. The average Bonchev–Trinajstić information content (AvgIpc) is 2.19. The Labute approximate surface area is 93.3 Å². The van der Waals surface area contributed by atoms with E-state index in [4.69, 9.17) is 33.7 Å². The average molecular weight is 232 g/mol. The van der Waals surface area contributed by atoms with Gasteiger partial charge in [-0.05, 0) is 24.6 Å². The minimum absolute atomic E-state index is 0.409. The van der Waals surface area contributed by atoms with Crippen molar-refractivity contribution in [1.29, 1.82) is 0 Å². The molecule has 14 heavy (non-hydrogen) atoms. The second-order valence-corrected chi connectivity index (χ2v) is 3.56. The number of hydrogen-bond acceptors (Lipinski definition) is 2. The standard InChI is InChI=1S/C10H11Cl2NO/c1-7(5-11)6-14-10-4-8(13)2-3-9(10)12/h2-5H,6,13H2,1H3/b7-5-. The molecular weight excluding hydrogens is 221 g/mol. The van der Waals surface area contributed by atoms with Gasteiger partial charge in [-0.1, -0.05) is 23.2 Å². The second kappa shape index (κ2) is 5.13. The Balaban J connectivity index is 2.71. The predicted molar refractivity (Wildman–Crippen MR) is 61.0 cm³/mol. The first-order valence-electron chi connectivity index (χ1n) is 4.07. The van der Waals surface area contributed by atoms with Crippen molar-refractivity contribution in [3.05, 3.63) is 34.3 Å². The molecule has 4 heteroatoms. The number of anilines is 1. The maximum Gasteiger partial charge on any atom is 0.140 e. The molecule has 2 nitrogen and oxygen atoms in total. The highest BCUT2D eigenvalue weighted by Crippen LogP contribution is 2.26. The highest BCUT2D eigenvalue weighted by molar-refractivity contribution is 6.32. The summed E-state index contributed by atoms with van der Waals surface area (Å²) in [6, 6.07) is 5.11. The maximum absolute atomic E-state index is 5.89. The predicted octanol–water partition coefficient (Wildman–Crippen LogP) is 3.44. The van der Waals surface area contributed by atoms with Crippen molar-refractivity contribution in [2.45, 2.75) is 6.92 Å². The molecule has 0 radical (unpaired) electrons. The summed E-state index contributed by atoms with van der Waals surface area (Å²) in [4.78, 5) is 0. The summed E-state index contributed by atoms with van der Waals surface area (Å²) in [6.45, 7) is 2.28. The van der Waals surface area contributed by atoms with Gasteiger partial charge in [0.15, 0.2) is 0 Å². The minimum atomic E-state index is 0.409. The number of ether oxygens (including phenoxy) is 1. The molecule has 76 valence electrons. The lowest BCUT2D eigenvalue weighted by molar-refractivity contribution is 0.353. The van der Waals surface area contributed by atoms with Gasteiger partial charge in [-0.15, -0.1) is 0 Å². The number of benzene rings is 1. The van der Waals surface area contributed by atoms with Crippen LogP contribution in [-0.2, 0) is 0 Å². The van der Waals surface area contributed by atoms with Crippen LogP contribution in [0, 0.1) is 0 Å². The van der Waals surface area contributed by atoms with Crippen LogP contribution in [0.2, 0.25) is 5.02 Å². The number of hydrogen-bond donors (Lipinski definition) is 1. The Kier molecular flexibility index (Phi) is 4.11. The zero-order chi connectivity index (χ0) is 10.6. The van der Waals surface area contributed by atoms with Crippen molar-refractivity contribution in [2.24, 2.45) is 0 Å². The van der Waals surface area contributed by atoms with Gasteiger partial charge in [0.25, 0.3) is 0 Å². The first kappa shape index (κ1) is 11.2. The van der Waals surface area contributed by atoms with Gasteiger partial charge >= 0.3 is 0 Å². The van der Waals surface area contributed by atoms with Crippen molar-refractivity contribution >= 4 is 28.9 Å². The van der Waals surface area contributed by atoms with E-state index in [0.717, 1.165) is 5.57 Å². The van der Waals surface area contributed by atoms with Crippen molar-refractivity contribution in [3.8, 4) is 5.75 Å². The Morgan fingerprint density at radius 3 is 2.93 bits per heavy atom. The summed E-state index contributed by atoms with van der Waals surface area (Å²) in [5.41, 5.74) is 8.60. The minimum Gasteiger partial charge on any atom is -0.488 e. The summed E-state index contributed by atoms with van der Waals surface area (Å²) in [6.07, 6.45) is 0. The van der Waals surface area contributed by atoms with Crippen LogP contribution in [0.25, 0.3) is 0 Å². The number of nitrogen functional groups attached to an aromatic ring is 1. The highest BCUT2D eigenvalue weighted by Gasteiger charge is 2.01. The molecule has 1 aromatic rings. The second-order valence-electron chi connectivity index (χ2n) is 2.93. The van der Waals surface area contributed by atoms with Crippen LogP contribution in [0.5, 0.6) is 5.75 Å². The molecule has 0 aliphatic carbocycles. The lowest BCUT2D eigenvalue weighted by Gasteiger charge is -2.08. The molecule has 0 aliphatic heterocycles. The number of nitrogens with two attached hydrogens (primary N) is 1. The van der Waals surface area contributed by atoms with E-state index in [1.807, 2.05) is 6.92 Å². The van der Waals surface area contributed by atoms with Gasteiger partial charge in [0.2, 0.25) is 0 Å². The van der Waals surface area contributed by atoms with Gasteiger partial charge in [0, 0.05) is 17.3 Å². The van der Waals surface area contributed by atoms with Crippen molar-refractivity contribution < 1.29 is 4.74 Å². The molecule has 0 saturated heterocycles. The molecule has 1 rings (SSSR count). The Morgan fingerprint density at radius 1 is 1.57 bits per heavy atom. The van der Waals surface area contributed by atoms with Gasteiger partial charge in [0.1, 0.15) is 12.4 Å². The van der Waals surface area contributed by atoms with Gasteiger partial charge in [-0.25, -0.2) is 0 Å². The zero-order valence-electron chi connectivity index (χ0n) is 7.76. The lowest BCUT2D eigenvalue weighted by Crippen LogP contribution is -1.99. The van der Waals surface area contributed by atoms with Crippen molar-refractivity contribution in [1.82, 2.24) is 0 Å². The molecule has 2 N–H and O–H groups in total. The third-order valence-corrected chi connectivity index (χ3v) is 2.28. The van der Waals surface area contributed by atoms with Gasteiger partial charge in [-0.2, -0.15) is 0 Å². The van der Waals surface area contributed by atoms with Crippen molar-refractivity contribution in [3.63, 3.8) is 0 Å². The fourth-order valence-electron chi connectivity index (χ4n) is 0.854. The van der Waals surface area contributed by atoms with E-state index in [1.165, 1.54) is 5.54 Å². The fraction of sp³-hybridized carbons (Fsp3) is 0.200. The third-order valence-electron chi connectivity index (χ3n) is 1.60. The third kappa shape index (κ3) is 3.13. The van der Waals surface area contributed by atoms with Crippen LogP contribution in [0.4, 0.5) is 5.69 Å². The monoisotopic (exact) mass is 231 g/mol. The van der Waals surface area contributed by atoms with Crippen molar-refractivity contribution in [2.75, 3.05) is 12.3 Å². The molecule has 0 saturated carbocycles. The summed E-state index contributed by atoms with van der Waals surface area (Å²) >= 11 is 11.4. The molecule has 0 amide bonds. The van der Waals surface area contributed by atoms with E-state index in [-0.39, 0.29) is 0 Å². The van der Waals surface area contributed by atoms with Crippen LogP contribution >= 0.6 is 23.2 Å². The number of halogens is 2. The molecule has 0 heterocycles. The van der Waals surface area contributed by atoms with Gasteiger partial charge in [0.05, 0.1) is 5.02 Å². The molecule has 0 atom stereocenters. The fourth-order valence-corrected chi connectivity index (χ4v) is 1.09. The van der Waals surface area contributed by atoms with Crippen LogP contribution in [0.1, 0.15) is 6.92 Å². The maximum atomic E-state index is 5.89. The molecule has 0 fully saturated rings. The van der Waals surface area contributed by atoms with Crippen LogP contribution in [0.3, 0.4) is 0 Å². The van der Waals surface area contributed by atoms with Gasteiger partial charge in [-0.3, -0.25) is 0 Å². The first-order valence-corrected chi connectivity index (χ1v) is 4.88. The Hall–Kier alpha value is -0.860. The van der Waals surface area contributed by atoms with E-state index in [2.05, 4.69) is 0 Å². The summed E-state index contributed by atoms with van der Waals surface area (Å²) in [7, 11) is 0. The number of rotatable bonds is 3. The molecule has 0 aromatic heterocycles. The molecular formula is C10H11Cl2NO. The van der Waals surface area contributed by atoms with E-state index >= 15 is 0 Å². The largest absolute Gasteiger partial charge is 0.488 e. The normalized spacial score (nSPS) is 11.5. The van der Waals surface area contributed by atoms with E-state index in [1.54, 1.807) is 18.2 Å². The van der Waals surface area contributed by atoms with E-state index in [9.17, 15) is 0 Å². The molecule has 0 unspecified atom stereocenters. The Bertz CT molecular complexity index is 350. The topological polar surface area (TPSA) is 35.2 Å². The van der Waals surface area contributed by atoms with Crippen LogP contribution in [-0.4, -0.2) is 6.61 Å². The summed E-state index contributed by atoms with van der Waals surface area (Å²) in [5.74, 6) is 0.574. The Morgan fingerprint density at radius 2 is 2.29 bits per heavy atom. The first-order chi connectivity index (χ1) is 6.63. The molecule has 0 spiro atoms. The molecule has 0 aliphatic rings. The summed E-state index contributed by atoms with van der Waals surface area (Å²) < 4.78 is 5.41. The lowest BCUT2D eigenvalue weighted by atomic mass is 10.3.